The minimum atomic E-state index is -0.451. The van der Waals surface area contributed by atoms with Gasteiger partial charge in [-0.1, -0.05) is 30.3 Å². The van der Waals surface area contributed by atoms with E-state index in [1.165, 1.54) is 5.56 Å². The van der Waals surface area contributed by atoms with E-state index < -0.39 is 5.60 Å². The fourth-order valence-corrected chi connectivity index (χ4v) is 2.75. The van der Waals surface area contributed by atoms with Gasteiger partial charge in [0.05, 0.1) is 0 Å². The number of ether oxygens (including phenoxy) is 1. The van der Waals surface area contributed by atoms with Gasteiger partial charge in [-0.25, -0.2) is 4.79 Å². The minimum absolute atomic E-state index is 0.301. The van der Waals surface area contributed by atoms with Crippen molar-refractivity contribution in [3.63, 3.8) is 0 Å². The summed E-state index contributed by atoms with van der Waals surface area (Å²) < 4.78 is 5.30. The molecule has 116 valence electrons. The molecular formula is C17H26N2O2. The van der Waals surface area contributed by atoms with E-state index in [1.807, 2.05) is 26.8 Å². The molecule has 1 aliphatic rings. The fraction of sp³-hybridized carbons (Fsp3) is 0.588. The van der Waals surface area contributed by atoms with Crippen LogP contribution in [-0.2, 0) is 4.74 Å². The lowest BCUT2D eigenvalue weighted by Gasteiger charge is -2.33. The molecule has 1 saturated heterocycles. The molecule has 1 aromatic rings. The summed E-state index contributed by atoms with van der Waals surface area (Å²) in [4.78, 5) is 11.8. The van der Waals surface area contributed by atoms with E-state index in [4.69, 9.17) is 4.74 Å². The van der Waals surface area contributed by atoms with Gasteiger partial charge in [0.15, 0.2) is 0 Å². The van der Waals surface area contributed by atoms with Crippen molar-refractivity contribution < 1.29 is 9.53 Å². The van der Waals surface area contributed by atoms with Crippen molar-refractivity contribution in [1.82, 2.24) is 10.6 Å². The molecule has 0 spiro atoms. The fourth-order valence-electron chi connectivity index (χ4n) is 2.75. The SMILES string of the molecule is CC(C)(C)OC(=O)NC[C@H]1CCCN[C@@H]1c1ccccc1. The first-order valence-electron chi connectivity index (χ1n) is 7.71. The second-order valence-electron chi connectivity index (χ2n) is 6.63. The molecule has 2 rings (SSSR count). The van der Waals surface area contributed by atoms with Gasteiger partial charge in [0.25, 0.3) is 0 Å². The van der Waals surface area contributed by atoms with Gasteiger partial charge in [0, 0.05) is 12.6 Å². The minimum Gasteiger partial charge on any atom is -0.444 e. The van der Waals surface area contributed by atoms with Crippen LogP contribution in [0.4, 0.5) is 4.79 Å². The number of alkyl carbamates (subject to hydrolysis) is 1. The molecule has 0 aliphatic carbocycles. The van der Waals surface area contributed by atoms with Crippen molar-refractivity contribution in [2.45, 2.75) is 45.3 Å². The predicted molar refractivity (Wildman–Crippen MR) is 84.1 cm³/mol. The molecular weight excluding hydrogens is 264 g/mol. The second kappa shape index (κ2) is 6.94. The smallest absolute Gasteiger partial charge is 0.407 e. The third-order valence-corrected chi connectivity index (χ3v) is 3.65. The van der Waals surface area contributed by atoms with E-state index in [0.717, 1.165) is 19.4 Å². The molecule has 0 unspecified atom stereocenters. The Morgan fingerprint density at radius 2 is 2.05 bits per heavy atom. The molecule has 1 amide bonds. The summed E-state index contributed by atoms with van der Waals surface area (Å²) in [6, 6.07) is 10.7. The van der Waals surface area contributed by atoms with Crippen molar-refractivity contribution in [1.29, 1.82) is 0 Å². The zero-order valence-corrected chi connectivity index (χ0v) is 13.2. The van der Waals surface area contributed by atoms with Crippen LogP contribution >= 0.6 is 0 Å². The van der Waals surface area contributed by atoms with E-state index in [-0.39, 0.29) is 6.09 Å². The van der Waals surface area contributed by atoms with E-state index in [0.29, 0.717) is 18.5 Å². The predicted octanol–water partition coefficient (Wildman–Crippen LogP) is 3.25. The molecule has 0 aromatic heterocycles. The van der Waals surface area contributed by atoms with Gasteiger partial charge in [-0.3, -0.25) is 0 Å². The molecule has 2 N–H and O–H groups in total. The van der Waals surface area contributed by atoms with Gasteiger partial charge in [0.2, 0.25) is 0 Å². The number of rotatable bonds is 3. The van der Waals surface area contributed by atoms with Crippen molar-refractivity contribution in [2.75, 3.05) is 13.1 Å². The Hall–Kier alpha value is -1.55. The average Bonchev–Trinajstić information content (AvgIpc) is 2.45. The van der Waals surface area contributed by atoms with Gasteiger partial charge in [-0.2, -0.15) is 0 Å². The highest BCUT2D eigenvalue weighted by molar-refractivity contribution is 5.67. The van der Waals surface area contributed by atoms with Crippen LogP contribution in [0.3, 0.4) is 0 Å². The van der Waals surface area contributed by atoms with Crippen LogP contribution in [0, 0.1) is 5.92 Å². The van der Waals surface area contributed by atoms with E-state index >= 15 is 0 Å². The van der Waals surface area contributed by atoms with Crippen molar-refractivity contribution >= 4 is 6.09 Å². The number of amides is 1. The number of benzene rings is 1. The molecule has 1 aliphatic heterocycles. The number of carbonyl (C=O) groups excluding carboxylic acids is 1. The highest BCUT2D eigenvalue weighted by atomic mass is 16.6. The summed E-state index contributed by atoms with van der Waals surface area (Å²) in [5, 5.41) is 6.47. The van der Waals surface area contributed by atoms with Crippen molar-refractivity contribution in [2.24, 2.45) is 5.92 Å². The molecule has 0 radical (unpaired) electrons. The first-order valence-corrected chi connectivity index (χ1v) is 7.71. The van der Waals surface area contributed by atoms with Gasteiger partial charge < -0.3 is 15.4 Å². The number of piperidine rings is 1. The molecule has 4 nitrogen and oxygen atoms in total. The van der Waals surface area contributed by atoms with Gasteiger partial charge in [0.1, 0.15) is 5.60 Å². The zero-order valence-electron chi connectivity index (χ0n) is 13.2. The number of nitrogens with one attached hydrogen (secondary N) is 2. The maximum Gasteiger partial charge on any atom is 0.407 e. The van der Waals surface area contributed by atoms with E-state index in [2.05, 4.69) is 34.9 Å². The lowest BCUT2D eigenvalue weighted by atomic mass is 9.86. The number of carbonyl (C=O) groups is 1. The van der Waals surface area contributed by atoms with Crippen LogP contribution in [0.15, 0.2) is 30.3 Å². The molecule has 4 heteroatoms. The number of hydrogen-bond acceptors (Lipinski definition) is 3. The molecule has 1 fully saturated rings. The third kappa shape index (κ3) is 5.05. The molecule has 0 saturated carbocycles. The maximum atomic E-state index is 11.8. The zero-order chi connectivity index (χ0) is 15.3. The monoisotopic (exact) mass is 290 g/mol. The van der Waals surface area contributed by atoms with Crippen LogP contribution in [0.25, 0.3) is 0 Å². The highest BCUT2D eigenvalue weighted by Crippen LogP contribution is 2.28. The summed E-state index contributed by atoms with van der Waals surface area (Å²) in [6.07, 6.45) is 1.92. The van der Waals surface area contributed by atoms with E-state index in [9.17, 15) is 4.79 Å². The molecule has 1 heterocycles. The highest BCUT2D eigenvalue weighted by Gasteiger charge is 2.27. The van der Waals surface area contributed by atoms with Crippen molar-refractivity contribution in [3.8, 4) is 0 Å². The average molecular weight is 290 g/mol. The Morgan fingerprint density at radius 3 is 2.71 bits per heavy atom. The second-order valence-corrected chi connectivity index (χ2v) is 6.63. The van der Waals surface area contributed by atoms with Gasteiger partial charge in [-0.15, -0.1) is 0 Å². The van der Waals surface area contributed by atoms with E-state index in [1.54, 1.807) is 0 Å². The van der Waals surface area contributed by atoms with Crippen molar-refractivity contribution in [3.05, 3.63) is 35.9 Å². The van der Waals surface area contributed by atoms with Crippen LogP contribution < -0.4 is 10.6 Å². The molecule has 21 heavy (non-hydrogen) atoms. The Labute approximate surface area is 127 Å². The summed E-state index contributed by atoms with van der Waals surface area (Å²) >= 11 is 0. The molecule has 2 atom stereocenters. The topological polar surface area (TPSA) is 50.4 Å². The summed E-state index contributed by atoms with van der Waals surface area (Å²) in [7, 11) is 0. The first-order chi connectivity index (χ1) is 9.96. The quantitative estimate of drug-likeness (QED) is 0.898. The van der Waals surface area contributed by atoms with Gasteiger partial charge >= 0.3 is 6.09 Å². The third-order valence-electron chi connectivity index (χ3n) is 3.65. The Morgan fingerprint density at radius 1 is 1.33 bits per heavy atom. The normalized spacial score (nSPS) is 22.6. The maximum absolute atomic E-state index is 11.8. The summed E-state index contributed by atoms with van der Waals surface area (Å²) in [6.45, 7) is 7.30. The lowest BCUT2D eigenvalue weighted by Crippen LogP contribution is -2.42. The summed E-state index contributed by atoms with van der Waals surface area (Å²) in [5.74, 6) is 0.397. The van der Waals surface area contributed by atoms with Crippen LogP contribution in [0.5, 0.6) is 0 Å². The largest absolute Gasteiger partial charge is 0.444 e. The first kappa shape index (κ1) is 15.8. The van der Waals surface area contributed by atoms with Crippen LogP contribution in [0.2, 0.25) is 0 Å². The number of hydrogen-bond donors (Lipinski definition) is 2. The van der Waals surface area contributed by atoms with Gasteiger partial charge in [-0.05, 0) is 51.6 Å². The van der Waals surface area contributed by atoms with Crippen LogP contribution in [-0.4, -0.2) is 24.8 Å². The van der Waals surface area contributed by atoms with Crippen LogP contribution in [0.1, 0.15) is 45.2 Å². The molecule has 1 aromatic carbocycles. The molecule has 0 bridgehead atoms. The standard InChI is InChI=1S/C17H26N2O2/c1-17(2,3)21-16(20)19-12-14-10-7-11-18-15(14)13-8-5-4-6-9-13/h4-6,8-9,14-15,18H,7,10-12H2,1-3H3,(H,19,20)/t14-,15-/m1/s1. The Balaban J connectivity index is 1.92. The Kier molecular flexibility index (Phi) is 5.23. The Bertz CT molecular complexity index is 454. The summed E-state index contributed by atoms with van der Waals surface area (Å²) in [5.41, 5.74) is 0.835. The lowest BCUT2D eigenvalue weighted by molar-refractivity contribution is 0.0511.